The van der Waals surface area contributed by atoms with Gasteiger partial charge in [0, 0.05) is 11.9 Å². The van der Waals surface area contributed by atoms with Gasteiger partial charge in [0.2, 0.25) is 0 Å². The highest BCUT2D eigenvalue weighted by molar-refractivity contribution is 5.90. The Balaban J connectivity index is 2.21. The van der Waals surface area contributed by atoms with Crippen LogP contribution in [0.1, 0.15) is 17.7 Å². The van der Waals surface area contributed by atoms with Crippen molar-refractivity contribution in [2.24, 2.45) is 0 Å². The maximum atomic E-state index is 4.46. The van der Waals surface area contributed by atoms with Crippen molar-refractivity contribution >= 4 is 16.5 Å². The van der Waals surface area contributed by atoms with E-state index in [2.05, 4.69) is 46.5 Å². The molecule has 3 rings (SSSR count). The first-order valence-corrected chi connectivity index (χ1v) is 5.96. The van der Waals surface area contributed by atoms with E-state index in [4.69, 9.17) is 0 Å². The first kappa shape index (κ1) is 10.4. The number of rotatable bonds is 1. The van der Waals surface area contributed by atoms with Gasteiger partial charge in [-0.3, -0.25) is 0 Å². The third kappa shape index (κ3) is 1.94. The molecule has 1 aromatic heterocycles. The summed E-state index contributed by atoms with van der Waals surface area (Å²) in [6.07, 6.45) is 4.93. The Morgan fingerprint density at radius 1 is 1.24 bits per heavy atom. The highest BCUT2D eigenvalue weighted by Gasteiger charge is 2.11. The number of hydrogen-bond acceptors (Lipinski definition) is 3. The van der Waals surface area contributed by atoms with Gasteiger partial charge in [0.1, 0.15) is 6.33 Å². The molecule has 3 nitrogen and oxygen atoms in total. The highest BCUT2D eigenvalue weighted by atomic mass is 14.9. The van der Waals surface area contributed by atoms with E-state index in [-0.39, 0.29) is 0 Å². The zero-order valence-electron chi connectivity index (χ0n) is 9.90. The molecule has 0 atom stereocenters. The molecular weight excluding hydrogens is 210 g/mol. The molecule has 1 aliphatic heterocycles. The predicted molar refractivity (Wildman–Crippen MR) is 69.7 cm³/mol. The minimum Gasteiger partial charge on any atom is -0.313 e. The lowest BCUT2D eigenvalue weighted by atomic mass is 10.0. The van der Waals surface area contributed by atoms with E-state index in [1.54, 1.807) is 6.33 Å². The number of fused-ring (bicyclic) bond motifs is 1. The molecule has 1 N–H and O–H groups in total. The molecule has 3 heteroatoms. The standard InChI is InChI=1S/C14H15N3/c1-10-2-3-13-12(8-10)14(17-9-16-13)11-4-6-15-7-5-11/h2-4,8-9,15H,5-7H2,1H3. The van der Waals surface area contributed by atoms with Gasteiger partial charge in [-0.15, -0.1) is 0 Å². The van der Waals surface area contributed by atoms with Gasteiger partial charge in [-0.1, -0.05) is 17.7 Å². The van der Waals surface area contributed by atoms with Crippen LogP contribution in [0.3, 0.4) is 0 Å². The van der Waals surface area contributed by atoms with Crippen molar-refractivity contribution in [1.29, 1.82) is 0 Å². The van der Waals surface area contributed by atoms with E-state index in [1.165, 1.54) is 16.5 Å². The Morgan fingerprint density at radius 3 is 3.00 bits per heavy atom. The van der Waals surface area contributed by atoms with Crippen LogP contribution < -0.4 is 5.32 Å². The van der Waals surface area contributed by atoms with Crippen molar-refractivity contribution in [3.05, 3.63) is 41.9 Å². The normalized spacial score (nSPS) is 15.9. The molecule has 0 spiro atoms. The molecule has 17 heavy (non-hydrogen) atoms. The van der Waals surface area contributed by atoms with Gasteiger partial charge >= 0.3 is 0 Å². The summed E-state index contributed by atoms with van der Waals surface area (Å²) in [5, 5.41) is 4.49. The topological polar surface area (TPSA) is 37.8 Å². The summed E-state index contributed by atoms with van der Waals surface area (Å²) in [4.78, 5) is 8.79. The summed E-state index contributed by atoms with van der Waals surface area (Å²) in [6, 6.07) is 6.33. The van der Waals surface area contributed by atoms with Crippen LogP contribution in [-0.4, -0.2) is 23.1 Å². The molecule has 0 saturated carbocycles. The van der Waals surface area contributed by atoms with Crippen LogP contribution in [0.2, 0.25) is 0 Å². The van der Waals surface area contributed by atoms with Gasteiger partial charge in [0.15, 0.2) is 0 Å². The molecule has 86 valence electrons. The fourth-order valence-electron chi connectivity index (χ4n) is 2.26. The second kappa shape index (κ2) is 4.26. The van der Waals surface area contributed by atoms with E-state index in [1.807, 2.05) is 0 Å². The van der Waals surface area contributed by atoms with Crippen LogP contribution in [0, 0.1) is 6.92 Å². The van der Waals surface area contributed by atoms with Gasteiger partial charge in [-0.05, 0) is 37.6 Å². The Hall–Kier alpha value is -1.74. The molecule has 0 bridgehead atoms. The number of aromatic nitrogens is 2. The van der Waals surface area contributed by atoms with E-state index in [0.717, 1.165) is 30.7 Å². The van der Waals surface area contributed by atoms with E-state index in [9.17, 15) is 0 Å². The zero-order chi connectivity index (χ0) is 11.7. The van der Waals surface area contributed by atoms with Gasteiger partial charge in [-0.2, -0.15) is 0 Å². The number of nitrogens with zero attached hydrogens (tertiary/aromatic N) is 2. The largest absolute Gasteiger partial charge is 0.313 e. The number of benzene rings is 1. The van der Waals surface area contributed by atoms with Gasteiger partial charge in [0.25, 0.3) is 0 Å². The molecule has 2 heterocycles. The average molecular weight is 225 g/mol. The SMILES string of the molecule is Cc1ccc2ncnc(C3=CCNCC3)c2c1. The minimum atomic E-state index is 0.937. The van der Waals surface area contributed by atoms with Crippen molar-refractivity contribution in [1.82, 2.24) is 15.3 Å². The lowest BCUT2D eigenvalue weighted by Gasteiger charge is -2.14. The zero-order valence-corrected chi connectivity index (χ0v) is 9.90. The first-order valence-electron chi connectivity index (χ1n) is 5.96. The van der Waals surface area contributed by atoms with Crippen molar-refractivity contribution in [3.63, 3.8) is 0 Å². The van der Waals surface area contributed by atoms with Gasteiger partial charge < -0.3 is 5.32 Å². The number of nitrogens with one attached hydrogen (secondary N) is 1. The van der Waals surface area contributed by atoms with Gasteiger partial charge in [-0.25, -0.2) is 9.97 Å². The molecule has 2 aromatic rings. The first-order chi connectivity index (χ1) is 8.34. The van der Waals surface area contributed by atoms with Crippen LogP contribution in [0.5, 0.6) is 0 Å². The Bertz CT molecular complexity index is 587. The molecule has 0 radical (unpaired) electrons. The molecule has 0 saturated heterocycles. The van der Waals surface area contributed by atoms with Crippen molar-refractivity contribution < 1.29 is 0 Å². The number of hydrogen-bond donors (Lipinski definition) is 1. The number of aryl methyl sites for hydroxylation is 1. The quantitative estimate of drug-likeness (QED) is 0.809. The molecule has 0 aliphatic carbocycles. The van der Waals surface area contributed by atoms with E-state index in [0.29, 0.717) is 0 Å². The molecule has 0 fully saturated rings. The molecule has 1 aromatic carbocycles. The summed E-state index contributed by atoms with van der Waals surface area (Å²) >= 11 is 0. The maximum absolute atomic E-state index is 4.46. The minimum absolute atomic E-state index is 0.937. The van der Waals surface area contributed by atoms with Crippen molar-refractivity contribution in [3.8, 4) is 0 Å². The van der Waals surface area contributed by atoms with Crippen LogP contribution in [0.15, 0.2) is 30.6 Å². The lowest BCUT2D eigenvalue weighted by Crippen LogP contribution is -2.20. The summed E-state index contributed by atoms with van der Waals surface area (Å²) in [5.41, 5.74) is 4.71. The predicted octanol–water partition coefficient (Wildman–Crippen LogP) is 2.31. The summed E-state index contributed by atoms with van der Waals surface area (Å²) < 4.78 is 0. The summed E-state index contributed by atoms with van der Waals surface area (Å²) in [7, 11) is 0. The Kier molecular flexibility index (Phi) is 2.61. The smallest absolute Gasteiger partial charge is 0.116 e. The van der Waals surface area contributed by atoms with Gasteiger partial charge in [0.05, 0.1) is 11.2 Å². The maximum Gasteiger partial charge on any atom is 0.116 e. The second-order valence-electron chi connectivity index (χ2n) is 4.43. The fraction of sp³-hybridized carbons (Fsp3) is 0.286. The summed E-state index contributed by atoms with van der Waals surface area (Å²) in [6.45, 7) is 4.07. The molecule has 0 unspecified atom stereocenters. The third-order valence-corrected chi connectivity index (χ3v) is 3.16. The van der Waals surface area contributed by atoms with E-state index >= 15 is 0 Å². The van der Waals surface area contributed by atoms with Crippen LogP contribution >= 0.6 is 0 Å². The average Bonchev–Trinajstić information content (AvgIpc) is 2.39. The highest BCUT2D eigenvalue weighted by Crippen LogP contribution is 2.25. The Morgan fingerprint density at radius 2 is 2.18 bits per heavy atom. The van der Waals surface area contributed by atoms with Crippen molar-refractivity contribution in [2.45, 2.75) is 13.3 Å². The molecule has 0 amide bonds. The summed E-state index contributed by atoms with van der Waals surface area (Å²) in [5.74, 6) is 0. The van der Waals surface area contributed by atoms with E-state index < -0.39 is 0 Å². The van der Waals surface area contributed by atoms with Crippen LogP contribution in [0.25, 0.3) is 16.5 Å². The fourth-order valence-corrected chi connectivity index (χ4v) is 2.26. The third-order valence-electron chi connectivity index (χ3n) is 3.16. The second-order valence-corrected chi connectivity index (χ2v) is 4.43. The monoisotopic (exact) mass is 225 g/mol. The Labute approximate surface area is 101 Å². The van der Waals surface area contributed by atoms with Crippen LogP contribution in [-0.2, 0) is 0 Å². The molecular formula is C14H15N3. The van der Waals surface area contributed by atoms with Crippen molar-refractivity contribution in [2.75, 3.05) is 13.1 Å². The lowest BCUT2D eigenvalue weighted by molar-refractivity contribution is 0.737. The van der Waals surface area contributed by atoms with Crippen LogP contribution in [0.4, 0.5) is 0 Å². The molecule has 1 aliphatic rings.